The molecule has 2 atom stereocenters. The van der Waals surface area contributed by atoms with Crippen LogP contribution < -0.4 is 5.32 Å². The van der Waals surface area contributed by atoms with Gasteiger partial charge in [0.1, 0.15) is 10.6 Å². The first kappa shape index (κ1) is 13.3. The van der Waals surface area contributed by atoms with Crippen molar-refractivity contribution >= 4 is 17.7 Å². The van der Waals surface area contributed by atoms with E-state index in [0.29, 0.717) is 19.4 Å². The van der Waals surface area contributed by atoms with Crippen LogP contribution in [0.2, 0.25) is 0 Å². The molecule has 6 heteroatoms. The lowest BCUT2D eigenvalue weighted by molar-refractivity contribution is -0.144. The van der Waals surface area contributed by atoms with E-state index in [2.05, 4.69) is 15.3 Å². The van der Waals surface area contributed by atoms with E-state index in [1.807, 2.05) is 6.92 Å². The Hall–Kier alpha value is -1.14. The molecule has 2 unspecified atom stereocenters. The van der Waals surface area contributed by atoms with Gasteiger partial charge < -0.3 is 10.4 Å². The number of aliphatic carboxylic acids is 1. The van der Waals surface area contributed by atoms with Crippen molar-refractivity contribution in [3.05, 3.63) is 18.6 Å². The molecule has 98 valence electrons. The molecule has 0 amide bonds. The maximum atomic E-state index is 11.4. The van der Waals surface area contributed by atoms with E-state index in [1.165, 1.54) is 0 Å². The number of thioether (sulfide) groups is 1. The maximum Gasteiger partial charge on any atom is 0.323 e. The number of nitrogens with one attached hydrogen (secondary N) is 1. The summed E-state index contributed by atoms with van der Waals surface area (Å²) in [5.41, 5.74) is -0.755. The minimum absolute atomic E-state index is 0.289. The standard InChI is InChI=1S/C12H17N3O2S/c1-2-15-12(11(16)17)4-3-9(7-12)18-10-8-13-5-6-14-10/h5-6,8-9,15H,2-4,7H2,1H3,(H,16,17). The van der Waals surface area contributed by atoms with Crippen LogP contribution in [-0.4, -0.2) is 38.4 Å². The van der Waals surface area contributed by atoms with Crippen molar-refractivity contribution in [2.75, 3.05) is 6.54 Å². The molecule has 1 aromatic rings. The summed E-state index contributed by atoms with van der Waals surface area (Å²) in [4.78, 5) is 19.6. The van der Waals surface area contributed by atoms with Gasteiger partial charge in [0.15, 0.2) is 0 Å². The highest BCUT2D eigenvalue weighted by Gasteiger charge is 2.45. The first-order chi connectivity index (χ1) is 8.66. The molecule has 0 saturated heterocycles. The van der Waals surface area contributed by atoms with Crippen molar-refractivity contribution < 1.29 is 9.90 Å². The van der Waals surface area contributed by atoms with E-state index >= 15 is 0 Å². The van der Waals surface area contributed by atoms with Crippen LogP contribution in [0.4, 0.5) is 0 Å². The van der Waals surface area contributed by atoms with Gasteiger partial charge in [-0.2, -0.15) is 0 Å². The van der Waals surface area contributed by atoms with E-state index in [1.54, 1.807) is 30.4 Å². The summed E-state index contributed by atoms with van der Waals surface area (Å²) in [5.74, 6) is -0.744. The molecule has 1 aliphatic rings. The average Bonchev–Trinajstić information content (AvgIpc) is 2.76. The first-order valence-electron chi connectivity index (χ1n) is 6.07. The molecular weight excluding hydrogens is 250 g/mol. The molecule has 0 aromatic carbocycles. The average molecular weight is 267 g/mol. The van der Waals surface area contributed by atoms with Crippen LogP contribution in [0.3, 0.4) is 0 Å². The number of rotatable bonds is 5. The highest BCUT2D eigenvalue weighted by Crippen LogP contribution is 2.39. The Labute approximate surface area is 110 Å². The predicted molar refractivity (Wildman–Crippen MR) is 69.6 cm³/mol. The first-order valence-corrected chi connectivity index (χ1v) is 6.95. The normalized spacial score (nSPS) is 27.3. The number of nitrogens with zero attached hydrogens (tertiary/aromatic N) is 2. The quantitative estimate of drug-likeness (QED) is 0.843. The Balaban J connectivity index is 2.01. The summed E-state index contributed by atoms with van der Waals surface area (Å²) in [7, 11) is 0. The second kappa shape index (κ2) is 5.67. The third-order valence-corrected chi connectivity index (χ3v) is 4.41. The molecule has 0 spiro atoms. The lowest BCUT2D eigenvalue weighted by atomic mass is 9.98. The van der Waals surface area contributed by atoms with Crippen molar-refractivity contribution in [2.45, 2.75) is 42.0 Å². The maximum absolute atomic E-state index is 11.4. The zero-order valence-electron chi connectivity index (χ0n) is 10.3. The number of carbonyl (C=O) groups is 1. The van der Waals surface area contributed by atoms with Gasteiger partial charge in [0, 0.05) is 17.6 Å². The molecule has 0 bridgehead atoms. The van der Waals surface area contributed by atoms with Crippen LogP contribution in [-0.2, 0) is 4.79 Å². The van der Waals surface area contributed by atoms with Gasteiger partial charge in [0.2, 0.25) is 0 Å². The van der Waals surface area contributed by atoms with Crippen LogP contribution in [0.5, 0.6) is 0 Å². The van der Waals surface area contributed by atoms with E-state index in [0.717, 1.165) is 11.4 Å². The topological polar surface area (TPSA) is 75.1 Å². The summed E-state index contributed by atoms with van der Waals surface area (Å²) < 4.78 is 0. The number of hydrogen-bond acceptors (Lipinski definition) is 5. The third kappa shape index (κ3) is 2.81. The largest absolute Gasteiger partial charge is 0.480 e. The molecule has 1 saturated carbocycles. The Bertz CT molecular complexity index is 415. The number of hydrogen-bond donors (Lipinski definition) is 2. The lowest BCUT2D eigenvalue weighted by Gasteiger charge is -2.25. The van der Waals surface area contributed by atoms with E-state index in [-0.39, 0.29) is 5.25 Å². The molecule has 2 rings (SSSR count). The fraction of sp³-hybridized carbons (Fsp3) is 0.583. The van der Waals surface area contributed by atoms with Crippen molar-refractivity contribution in [2.24, 2.45) is 0 Å². The Morgan fingerprint density at radius 1 is 1.67 bits per heavy atom. The van der Waals surface area contributed by atoms with Gasteiger partial charge in [0.25, 0.3) is 0 Å². The number of carboxylic acids is 1. The van der Waals surface area contributed by atoms with Gasteiger partial charge in [-0.15, -0.1) is 11.8 Å². The zero-order chi connectivity index (χ0) is 13.0. The van der Waals surface area contributed by atoms with E-state index in [4.69, 9.17) is 0 Å². The molecule has 1 fully saturated rings. The highest BCUT2D eigenvalue weighted by atomic mass is 32.2. The zero-order valence-corrected chi connectivity index (χ0v) is 11.1. The molecule has 5 nitrogen and oxygen atoms in total. The molecule has 1 heterocycles. The minimum atomic E-state index is -0.755. The number of aromatic nitrogens is 2. The summed E-state index contributed by atoms with van der Waals surface area (Å²) in [6.45, 7) is 2.61. The van der Waals surface area contributed by atoms with E-state index < -0.39 is 11.5 Å². The lowest BCUT2D eigenvalue weighted by Crippen LogP contribution is -2.50. The molecule has 0 radical (unpaired) electrons. The van der Waals surface area contributed by atoms with Crippen molar-refractivity contribution in [3.8, 4) is 0 Å². The smallest absolute Gasteiger partial charge is 0.323 e. The molecule has 1 aromatic heterocycles. The Morgan fingerprint density at radius 2 is 2.50 bits per heavy atom. The van der Waals surface area contributed by atoms with Crippen molar-refractivity contribution in [1.29, 1.82) is 0 Å². The Morgan fingerprint density at radius 3 is 3.11 bits per heavy atom. The van der Waals surface area contributed by atoms with Gasteiger partial charge in [0.05, 0.1) is 6.20 Å². The Kier molecular flexibility index (Phi) is 4.19. The number of carboxylic acid groups (broad SMARTS) is 1. The summed E-state index contributed by atoms with van der Waals surface area (Å²) in [6.07, 6.45) is 7.22. The molecule has 18 heavy (non-hydrogen) atoms. The van der Waals surface area contributed by atoms with Crippen LogP contribution in [0.25, 0.3) is 0 Å². The van der Waals surface area contributed by atoms with Gasteiger partial charge in [-0.1, -0.05) is 6.92 Å². The van der Waals surface area contributed by atoms with Gasteiger partial charge >= 0.3 is 5.97 Å². The van der Waals surface area contributed by atoms with Crippen molar-refractivity contribution in [1.82, 2.24) is 15.3 Å². The van der Waals surface area contributed by atoms with Crippen LogP contribution in [0, 0.1) is 0 Å². The summed E-state index contributed by atoms with van der Waals surface area (Å²) in [5, 5.41) is 13.7. The van der Waals surface area contributed by atoms with Gasteiger partial charge in [-0.3, -0.25) is 9.78 Å². The molecule has 0 aliphatic heterocycles. The fourth-order valence-corrected chi connectivity index (χ4v) is 3.58. The number of likely N-dealkylation sites (N-methyl/N-ethyl adjacent to an activating group) is 1. The van der Waals surface area contributed by atoms with Crippen LogP contribution in [0.15, 0.2) is 23.6 Å². The second-order valence-electron chi connectivity index (χ2n) is 4.44. The fourth-order valence-electron chi connectivity index (χ4n) is 2.39. The predicted octanol–water partition coefficient (Wildman–Crippen LogP) is 1.55. The van der Waals surface area contributed by atoms with Crippen molar-refractivity contribution in [3.63, 3.8) is 0 Å². The highest BCUT2D eigenvalue weighted by molar-refractivity contribution is 7.99. The summed E-state index contributed by atoms with van der Waals surface area (Å²) >= 11 is 1.62. The minimum Gasteiger partial charge on any atom is -0.480 e. The molecule has 2 N–H and O–H groups in total. The summed E-state index contributed by atoms with van der Waals surface area (Å²) in [6, 6.07) is 0. The SMILES string of the molecule is CCNC1(C(=O)O)CCC(Sc2cnccn2)C1. The van der Waals surface area contributed by atoms with Gasteiger partial charge in [-0.25, -0.2) is 4.98 Å². The monoisotopic (exact) mass is 267 g/mol. The molecule has 1 aliphatic carbocycles. The second-order valence-corrected chi connectivity index (χ2v) is 5.76. The third-order valence-electron chi connectivity index (χ3n) is 3.22. The molecular formula is C12H17N3O2S. The van der Waals surface area contributed by atoms with E-state index in [9.17, 15) is 9.90 Å². The van der Waals surface area contributed by atoms with Crippen LogP contribution >= 0.6 is 11.8 Å². The van der Waals surface area contributed by atoms with Crippen LogP contribution in [0.1, 0.15) is 26.2 Å². The van der Waals surface area contributed by atoms with Gasteiger partial charge in [-0.05, 0) is 25.8 Å².